The average molecular weight is 460 g/mol. The summed E-state index contributed by atoms with van der Waals surface area (Å²) < 4.78 is 18.9. The predicted octanol–water partition coefficient (Wildman–Crippen LogP) is 3.20. The van der Waals surface area contributed by atoms with Crippen LogP contribution in [0.5, 0.6) is 0 Å². The summed E-state index contributed by atoms with van der Waals surface area (Å²) in [5.41, 5.74) is 1.17. The number of ketones is 1. The molecule has 1 N–H and O–H groups in total. The van der Waals surface area contributed by atoms with Crippen LogP contribution in [0.3, 0.4) is 0 Å². The molecule has 2 aromatic rings. The smallest absolute Gasteiger partial charge is 0.290 e. The number of hydrogen-bond acceptors (Lipinski definition) is 7. The summed E-state index contributed by atoms with van der Waals surface area (Å²) in [5, 5.41) is 11.5. The van der Waals surface area contributed by atoms with Crippen molar-refractivity contribution in [2.75, 3.05) is 39.4 Å². The number of rotatable bonds is 7. The molecule has 1 amide bonds. The van der Waals surface area contributed by atoms with Gasteiger partial charge in [-0.2, -0.15) is 0 Å². The van der Waals surface area contributed by atoms with Crippen molar-refractivity contribution in [2.24, 2.45) is 0 Å². The summed E-state index contributed by atoms with van der Waals surface area (Å²) in [7, 11) is 0. The molecule has 7 nitrogen and oxygen atoms in total. The fourth-order valence-electron chi connectivity index (χ4n) is 4.26. The second-order valence-electron chi connectivity index (χ2n) is 8.00. The Bertz CT molecular complexity index is 1040. The van der Waals surface area contributed by atoms with Gasteiger partial charge in [0.1, 0.15) is 5.82 Å². The Hall–Kier alpha value is -2.62. The van der Waals surface area contributed by atoms with E-state index in [9.17, 15) is 19.1 Å². The van der Waals surface area contributed by atoms with Crippen molar-refractivity contribution >= 4 is 23.0 Å². The Morgan fingerprint density at radius 2 is 1.91 bits per heavy atom. The number of carbonyl (C=O) groups is 2. The lowest BCUT2D eigenvalue weighted by atomic mass is 9.95. The number of Topliss-reactive ketones (excluding diaryl/α,β-unsaturated/α-hetero) is 1. The van der Waals surface area contributed by atoms with Crippen LogP contribution in [0, 0.1) is 19.7 Å². The lowest BCUT2D eigenvalue weighted by molar-refractivity contribution is -0.129. The first-order chi connectivity index (χ1) is 15.4. The zero-order valence-electron chi connectivity index (χ0n) is 18.1. The van der Waals surface area contributed by atoms with E-state index in [1.165, 1.54) is 28.4 Å². The highest BCUT2D eigenvalue weighted by Crippen LogP contribution is 2.40. The molecule has 2 aliphatic heterocycles. The maximum atomic E-state index is 13.6. The Kier molecular flexibility index (Phi) is 6.68. The van der Waals surface area contributed by atoms with Crippen LogP contribution in [0.25, 0.3) is 0 Å². The standard InChI is InChI=1S/C23H26FN3O4S/c1-14-22(32-15(2)25-14)20(28)18-19(16-4-6-17(24)7-5-16)27(23(30)21(18)29)9-3-8-26-10-12-31-13-11-26/h4-7,19,29H,3,8-13H2,1-2H3/t19-/m1/s1. The molecule has 1 saturated heterocycles. The van der Waals surface area contributed by atoms with Crippen LogP contribution in [0.1, 0.15) is 38.4 Å². The largest absolute Gasteiger partial charge is 0.503 e. The minimum atomic E-state index is -0.776. The summed E-state index contributed by atoms with van der Waals surface area (Å²) in [6, 6.07) is 4.93. The van der Waals surface area contributed by atoms with Crippen molar-refractivity contribution in [3.8, 4) is 0 Å². The number of benzene rings is 1. The summed E-state index contributed by atoms with van der Waals surface area (Å²) in [4.78, 5) is 34.9. The molecule has 0 aliphatic carbocycles. The van der Waals surface area contributed by atoms with Crippen LogP contribution in [-0.4, -0.2) is 71.0 Å². The van der Waals surface area contributed by atoms with Gasteiger partial charge in [-0.3, -0.25) is 14.5 Å². The van der Waals surface area contributed by atoms with Crippen molar-refractivity contribution in [3.05, 3.63) is 62.6 Å². The first-order valence-electron chi connectivity index (χ1n) is 10.6. The highest BCUT2D eigenvalue weighted by molar-refractivity contribution is 7.14. The molecular weight excluding hydrogens is 433 g/mol. The Morgan fingerprint density at radius 3 is 2.53 bits per heavy atom. The molecule has 0 bridgehead atoms. The summed E-state index contributed by atoms with van der Waals surface area (Å²) >= 11 is 1.24. The monoisotopic (exact) mass is 459 g/mol. The topological polar surface area (TPSA) is 83.0 Å². The van der Waals surface area contributed by atoms with Crippen molar-refractivity contribution in [3.63, 3.8) is 0 Å². The number of carbonyl (C=O) groups excluding carboxylic acids is 2. The number of amides is 1. The second kappa shape index (κ2) is 9.48. The Morgan fingerprint density at radius 1 is 1.22 bits per heavy atom. The number of thiazole rings is 1. The Balaban J connectivity index is 1.63. The lowest BCUT2D eigenvalue weighted by Crippen LogP contribution is -2.39. The van der Waals surface area contributed by atoms with E-state index in [1.54, 1.807) is 26.0 Å². The fourth-order valence-corrected chi connectivity index (χ4v) is 5.14. The number of hydrogen-bond donors (Lipinski definition) is 1. The van der Waals surface area contributed by atoms with Gasteiger partial charge in [-0.15, -0.1) is 11.3 Å². The van der Waals surface area contributed by atoms with Crippen LogP contribution in [0.4, 0.5) is 4.39 Å². The SMILES string of the molecule is Cc1nc(C)c(C(=O)C2=C(O)C(=O)N(CCCN3CCOCC3)[C@@H]2c2ccc(F)cc2)s1. The van der Waals surface area contributed by atoms with E-state index in [2.05, 4.69) is 9.88 Å². The number of halogens is 1. The Labute approximate surface area is 190 Å². The highest BCUT2D eigenvalue weighted by Gasteiger charge is 2.44. The molecule has 4 rings (SSSR count). The van der Waals surface area contributed by atoms with Gasteiger partial charge in [-0.1, -0.05) is 12.1 Å². The molecule has 0 spiro atoms. The van der Waals surface area contributed by atoms with E-state index in [0.717, 1.165) is 24.6 Å². The third kappa shape index (κ3) is 4.46. The number of aliphatic hydroxyl groups excluding tert-OH is 1. The maximum absolute atomic E-state index is 13.6. The van der Waals surface area contributed by atoms with Gasteiger partial charge in [0.05, 0.1) is 40.4 Å². The van der Waals surface area contributed by atoms with Gasteiger partial charge < -0.3 is 14.7 Å². The third-order valence-corrected chi connectivity index (χ3v) is 6.89. The number of morpholine rings is 1. The number of aliphatic hydroxyl groups is 1. The zero-order valence-corrected chi connectivity index (χ0v) is 19.0. The van der Waals surface area contributed by atoms with E-state index in [-0.39, 0.29) is 5.57 Å². The third-order valence-electron chi connectivity index (χ3n) is 5.82. The second-order valence-corrected chi connectivity index (χ2v) is 9.20. The van der Waals surface area contributed by atoms with Gasteiger partial charge in [-0.05, 0) is 38.0 Å². The lowest BCUT2D eigenvalue weighted by Gasteiger charge is -2.30. The molecule has 0 unspecified atom stereocenters. The van der Waals surface area contributed by atoms with Crippen LogP contribution >= 0.6 is 11.3 Å². The summed E-state index contributed by atoms with van der Waals surface area (Å²) in [6.07, 6.45) is 0.677. The van der Waals surface area contributed by atoms with Crippen molar-refractivity contribution < 1.29 is 23.8 Å². The molecule has 2 aliphatic rings. The molecule has 1 aromatic carbocycles. The predicted molar refractivity (Wildman–Crippen MR) is 118 cm³/mol. The molecule has 0 saturated carbocycles. The van der Waals surface area contributed by atoms with Crippen LogP contribution in [0.15, 0.2) is 35.6 Å². The molecule has 3 heterocycles. The quantitative estimate of drug-likeness (QED) is 0.641. The van der Waals surface area contributed by atoms with Gasteiger partial charge in [0.25, 0.3) is 5.91 Å². The van der Waals surface area contributed by atoms with Gasteiger partial charge >= 0.3 is 0 Å². The minimum Gasteiger partial charge on any atom is -0.503 e. The van der Waals surface area contributed by atoms with Gasteiger partial charge in [0, 0.05) is 26.2 Å². The molecule has 0 radical (unpaired) electrons. The van der Waals surface area contributed by atoms with Crippen molar-refractivity contribution in [2.45, 2.75) is 26.3 Å². The van der Waals surface area contributed by atoms with E-state index < -0.39 is 29.3 Å². The molecule has 32 heavy (non-hydrogen) atoms. The van der Waals surface area contributed by atoms with E-state index >= 15 is 0 Å². The van der Waals surface area contributed by atoms with Crippen LogP contribution < -0.4 is 0 Å². The zero-order chi connectivity index (χ0) is 22.8. The van der Waals surface area contributed by atoms with Crippen LogP contribution in [-0.2, 0) is 9.53 Å². The van der Waals surface area contributed by atoms with Crippen molar-refractivity contribution in [1.29, 1.82) is 0 Å². The molecular formula is C23H26FN3O4S. The number of ether oxygens (including phenoxy) is 1. The molecule has 1 aromatic heterocycles. The normalized spacial score (nSPS) is 19.8. The van der Waals surface area contributed by atoms with E-state index in [0.29, 0.717) is 42.3 Å². The molecule has 170 valence electrons. The first kappa shape index (κ1) is 22.6. The highest BCUT2D eigenvalue weighted by atomic mass is 32.1. The number of nitrogens with zero attached hydrogens (tertiary/aromatic N) is 3. The van der Waals surface area contributed by atoms with Crippen molar-refractivity contribution in [1.82, 2.24) is 14.8 Å². The average Bonchev–Trinajstić information content (AvgIpc) is 3.25. The molecule has 1 fully saturated rings. The van der Waals surface area contributed by atoms with Gasteiger partial charge in [0.15, 0.2) is 5.76 Å². The number of aryl methyl sites for hydroxylation is 2. The molecule has 9 heteroatoms. The van der Waals surface area contributed by atoms with Crippen LogP contribution in [0.2, 0.25) is 0 Å². The fraction of sp³-hybridized carbons (Fsp3) is 0.435. The van der Waals surface area contributed by atoms with E-state index in [4.69, 9.17) is 4.74 Å². The van der Waals surface area contributed by atoms with Gasteiger partial charge in [-0.25, -0.2) is 9.37 Å². The minimum absolute atomic E-state index is 0.0275. The molecule has 1 atom stereocenters. The van der Waals surface area contributed by atoms with Gasteiger partial charge in [0.2, 0.25) is 5.78 Å². The summed E-state index contributed by atoms with van der Waals surface area (Å²) in [5.74, 6) is -1.94. The maximum Gasteiger partial charge on any atom is 0.290 e. The van der Waals surface area contributed by atoms with E-state index in [1.807, 2.05) is 0 Å². The first-order valence-corrected chi connectivity index (χ1v) is 11.5. The number of aromatic nitrogens is 1. The summed E-state index contributed by atoms with van der Waals surface area (Å²) in [6.45, 7) is 7.74.